The summed E-state index contributed by atoms with van der Waals surface area (Å²) in [6, 6.07) is 14.9. The Morgan fingerprint density at radius 2 is 2.06 bits per heavy atom. The number of rotatable bonds is 5. The number of likely N-dealkylation sites (tertiary alicyclic amines) is 1. The number of nitrogens with one attached hydrogen (secondary N) is 1. The molecule has 1 aliphatic carbocycles. The van der Waals surface area contributed by atoms with Crippen molar-refractivity contribution >= 4 is 11.0 Å². The lowest BCUT2D eigenvalue weighted by molar-refractivity contribution is 0.124. The van der Waals surface area contributed by atoms with Crippen LogP contribution in [-0.2, 0) is 12.8 Å². The molecule has 0 spiro atoms. The largest absolute Gasteiger partial charge is 0.494 e. The Kier molecular flexibility index (Phi) is 5.04. The van der Waals surface area contributed by atoms with Crippen LogP contribution >= 0.6 is 0 Å². The first-order valence-corrected chi connectivity index (χ1v) is 11.8. The second-order valence-electron chi connectivity index (χ2n) is 9.23. The van der Waals surface area contributed by atoms with Crippen LogP contribution in [0.4, 0.5) is 0 Å². The summed E-state index contributed by atoms with van der Waals surface area (Å²) in [5.41, 5.74) is 9.23. The van der Waals surface area contributed by atoms with Gasteiger partial charge in [0.25, 0.3) is 0 Å². The van der Waals surface area contributed by atoms with Crippen LogP contribution in [-0.4, -0.2) is 51.3 Å². The van der Waals surface area contributed by atoms with Gasteiger partial charge in [-0.05, 0) is 49.4 Å². The zero-order valence-corrected chi connectivity index (χ0v) is 19.4. The standard InChI is InChI=1S/C27H26N6O/c1-16(12-28)33-14-19(15-33)22-10-9-18(13-29-22)25-27-23(31-32-25)11-24(34-2)26(30-27)21-8-4-6-17-5-3-7-20(17)21/h4,6,8-11,13,16,19H,3,5,7,14-15H2,1-2H3,(H,31,32). The number of ether oxygens (including phenoxy) is 1. The minimum absolute atomic E-state index is 0.0472. The number of nitriles is 1. The van der Waals surface area contributed by atoms with E-state index in [1.165, 1.54) is 17.5 Å². The van der Waals surface area contributed by atoms with Crippen molar-refractivity contribution in [2.45, 2.75) is 38.1 Å². The lowest BCUT2D eigenvalue weighted by Crippen LogP contribution is -2.49. The molecule has 0 bridgehead atoms. The summed E-state index contributed by atoms with van der Waals surface area (Å²) >= 11 is 0. The average molecular weight is 451 g/mol. The molecule has 6 rings (SSSR count). The Hall–Kier alpha value is -3.76. The number of fused-ring (bicyclic) bond motifs is 2. The van der Waals surface area contributed by atoms with Gasteiger partial charge in [-0.15, -0.1) is 0 Å². The summed E-state index contributed by atoms with van der Waals surface area (Å²) in [5, 5.41) is 16.8. The summed E-state index contributed by atoms with van der Waals surface area (Å²) in [6.45, 7) is 3.69. The number of aromatic nitrogens is 4. The number of H-pyrrole nitrogens is 1. The molecule has 2 aliphatic rings. The summed E-state index contributed by atoms with van der Waals surface area (Å²) in [4.78, 5) is 12.0. The molecule has 0 radical (unpaired) electrons. The molecule has 1 aliphatic heterocycles. The maximum Gasteiger partial charge on any atom is 0.147 e. The first-order valence-electron chi connectivity index (χ1n) is 11.8. The molecular formula is C27H26N6O. The SMILES string of the molecule is COc1cc2[nH]nc(-c3ccc(C4CN(C(C)C#N)C4)nc3)c2nc1-c1cccc2c1CCC2. The molecule has 0 saturated carbocycles. The highest BCUT2D eigenvalue weighted by Crippen LogP contribution is 2.39. The molecule has 1 fully saturated rings. The quantitative estimate of drug-likeness (QED) is 0.482. The highest BCUT2D eigenvalue weighted by Gasteiger charge is 2.32. The smallest absolute Gasteiger partial charge is 0.147 e. The van der Waals surface area contributed by atoms with Crippen LogP contribution in [0.25, 0.3) is 33.5 Å². The zero-order chi connectivity index (χ0) is 23.2. The third kappa shape index (κ3) is 3.34. The fourth-order valence-corrected chi connectivity index (χ4v) is 5.21. The molecule has 7 nitrogen and oxygen atoms in total. The van der Waals surface area contributed by atoms with Gasteiger partial charge in [0.05, 0.1) is 24.7 Å². The average Bonchev–Trinajstić information content (AvgIpc) is 3.49. The van der Waals surface area contributed by atoms with Gasteiger partial charge in [-0.25, -0.2) is 4.98 Å². The van der Waals surface area contributed by atoms with Crippen LogP contribution in [0, 0.1) is 11.3 Å². The molecule has 1 atom stereocenters. The number of hydrogen-bond donors (Lipinski definition) is 1. The van der Waals surface area contributed by atoms with E-state index in [4.69, 9.17) is 20.0 Å². The van der Waals surface area contributed by atoms with Gasteiger partial charge in [0.1, 0.15) is 22.7 Å². The van der Waals surface area contributed by atoms with Gasteiger partial charge in [-0.1, -0.05) is 18.2 Å². The van der Waals surface area contributed by atoms with E-state index < -0.39 is 0 Å². The van der Waals surface area contributed by atoms with Gasteiger partial charge < -0.3 is 4.74 Å². The fourth-order valence-electron chi connectivity index (χ4n) is 5.21. The maximum absolute atomic E-state index is 9.10. The van der Waals surface area contributed by atoms with E-state index >= 15 is 0 Å². The molecule has 34 heavy (non-hydrogen) atoms. The Bertz CT molecular complexity index is 1410. The number of aromatic amines is 1. The first-order chi connectivity index (χ1) is 16.7. The number of pyridine rings is 2. The second kappa shape index (κ2) is 8.23. The molecule has 1 aromatic carbocycles. The minimum atomic E-state index is -0.0472. The van der Waals surface area contributed by atoms with E-state index in [0.29, 0.717) is 5.92 Å². The lowest BCUT2D eigenvalue weighted by atomic mass is 9.94. The zero-order valence-electron chi connectivity index (χ0n) is 19.4. The number of nitrogens with zero attached hydrogens (tertiary/aromatic N) is 5. The van der Waals surface area contributed by atoms with Gasteiger partial charge in [-0.3, -0.25) is 15.0 Å². The molecule has 3 aromatic heterocycles. The van der Waals surface area contributed by atoms with E-state index in [-0.39, 0.29) is 6.04 Å². The second-order valence-corrected chi connectivity index (χ2v) is 9.23. The van der Waals surface area contributed by atoms with Crippen molar-refractivity contribution in [2.75, 3.05) is 20.2 Å². The van der Waals surface area contributed by atoms with Gasteiger partial charge in [0.2, 0.25) is 0 Å². The predicted octanol–water partition coefficient (Wildman–Crippen LogP) is 4.50. The topological polar surface area (TPSA) is 90.7 Å². The molecule has 4 aromatic rings. The van der Waals surface area contributed by atoms with Crippen molar-refractivity contribution in [1.29, 1.82) is 5.26 Å². The van der Waals surface area contributed by atoms with Gasteiger partial charge >= 0.3 is 0 Å². The van der Waals surface area contributed by atoms with Crippen LogP contribution in [0.2, 0.25) is 0 Å². The van der Waals surface area contributed by atoms with Gasteiger partial charge in [-0.2, -0.15) is 10.4 Å². The van der Waals surface area contributed by atoms with Crippen LogP contribution in [0.3, 0.4) is 0 Å². The van der Waals surface area contributed by atoms with E-state index in [1.54, 1.807) is 7.11 Å². The van der Waals surface area contributed by atoms with Crippen LogP contribution in [0.1, 0.15) is 36.1 Å². The van der Waals surface area contributed by atoms with E-state index in [2.05, 4.69) is 51.5 Å². The van der Waals surface area contributed by atoms with Crippen LogP contribution in [0.15, 0.2) is 42.6 Å². The van der Waals surface area contributed by atoms with Crippen molar-refractivity contribution < 1.29 is 4.74 Å². The Morgan fingerprint density at radius 1 is 1.18 bits per heavy atom. The number of methoxy groups -OCH3 is 1. The van der Waals surface area contributed by atoms with Crippen molar-refractivity contribution in [3.63, 3.8) is 0 Å². The third-order valence-electron chi connectivity index (χ3n) is 7.24. The predicted molar refractivity (Wildman–Crippen MR) is 131 cm³/mol. The highest BCUT2D eigenvalue weighted by molar-refractivity contribution is 5.93. The number of benzene rings is 1. The monoisotopic (exact) mass is 450 g/mol. The first kappa shape index (κ1) is 20.8. The van der Waals surface area contributed by atoms with Crippen molar-refractivity contribution in [1.82, 2.24) is 25.1 Å². The van der Waals surface area contributed by atoms with Gasteiger partial charge in [0.15, 0.2) is 0 Å². The van der Waals surface area contributed by atoms with Gasteiger partial charge in [0, 0.05) is 48.1 Å². The van der Waals surface area contributed by atoms with Crippen molar-refractivity contribution in [2.24, 2.45) is 0 Å². The molecule has 4 heterocycles. The Labute approximate surface area is 198 Å². The summed E-state index contributed by atoms with van der Waals surface area (Å²) < 4.78 is 5.73. The molecule has 170 valence electrons. The summed E-state index contributed by atoms with van der Waals surface area (Å²) in [6.07, 6.45) is 5.26. The summed E-state index contributed by atoms with van der Waals surface area (Å²) in [5.74, 6) is 1.12. The van der Waals surface area contributed by atoms with Crippen LogP contribution in [0.5, 0.6) is 5.75 Å². The fraction of sp³-hybridized carbons (Fsp3) is 0.333. The Balaban J connectivity index is 1.35. The van der Waals surface area contributed by atoms with E-state index in [9.17, 15) is 0 Å². The molecule has 1 N–H and O–H groups in total. The molecule has 7 heteroatoms. The van der Waals surface area contributed by atoms with E-state index in [0.717, 1.165) is 70.9 Å². The highest BCUT2D eigenvalue weighted by atomic mass is 16.5. The third-order valence-corrected chi connectivity index (χ3v) is 7.24. The number of hydrogen-bond acceptors (Lipinski definition) is 6. The Morgan fingerprint density at radius 3 is 2.82 bits per heavy atom. The maximum atomic E-state index is 9.10. The molecule has 1 saturated heterocycles. The van der Waals surface area contributed by atoms with E-state index in [1.807, 2.05) is 19.2 Å². The lowest BCUT2D eigenvalue weighted by Gasteiger charge is -2.40. The summed E-state index contributed by atoms with van der Waals surface area (Å²) in [7, 11) is 1.69. The van der Waals surface area contributed by atoms with Crippen molar-refractivity contribution in [3.8, 4) is 34.3 Å². The normalized spacial score (nSPS) is 16.7. The minimum Gasteiger partial charge on any atom is -0.494 e. The van der Waals surface area contributed by atoms with Crippen LogP contribution < -0.4 is 4.74 Å². The molecule has 1 unspecified atom stereocenters. The number of aryl methyl sites for hydroxylation is 1. The molecule has 0 amide bonds. The van der Waals surface area contributed by atoms with Crippen molar-refractivity contribution in [3.05, 3.63) is 59.4 Å². The molecular weight excluding hydrogens is 424 g/mol.